The van der Waals surface area contributed by atoms with Gasteiger partial charge in [0.05, 0.1) is 23.0 Å². The molecule has 5 rings (SSSR count). The van der Waals surface area contributed by atoms with Gasteiger partial charge in [-0.3, -0.25) is 14.3 Å². The second kappa shape index (κ2) is 9.44. The molecular weight excluding hydrogens is 456 g/mol. The minimum Gasteiger partial charge on any atom is -0.356 e. The lowest BCUT2D eigenvalue weighted by molar-refractivity contribution is -0.120. The lowest BCUT2D eigenvalue weighted by Gasteiger charge is -2.32. The number of aromatic nitrogens is 6. The Labute approximate surface area is 209 Å². The number of carbonyl (C=O) groups is 1. The number of anilines is 2. The van der Waals surface area contributed by atoms with Crippen LogP contribution in [0.1, 0.15) is 29.9 Å². The van der Waals surface area contributed by atoms with Crippen LogP contribution in [0.15, 0.2) is 53.6 Å². The molecule has 1 unspecified atom stereocenters. The molecule has 186 valence electrons. The highest BCUT2D eigenvalue weighted by Crippen LogP contribution is 2.24. The SMILES string of the molecule is Cc1cc(C)n(-c2cc(N3CCCC(C(=O)Nc4c(C)n(C)n(-c5ccccc5)c4=O)C3)ncn2)n1. The number of hydrogen-bond acceptors (Lipinski definition) is 6. The fourth-order valence-corrected chi connectivity index (χ4v) is 4.82. The average molecular weight is 487 g/mol. The number of para-hydroxylation sites is 1. The molecule has 4 aromatic rings. The summed E-state index contributed by atoms with van der Waals surface area (Å²) in [5.41, 5.74) is 3.44. The lowest BCUT2D eigenvalue weighted by Crippen LogP contribution is -2.41. The van der Waals surface area contributed by atoms with Crippen molar-refractivity contribution < 1.29 is 4.79 Å². The van der Waals surface area contributed by atoms with E-state index in [9.17, 15) is 9.59 Å². The topological polar surface area (TPSA) is 103 Å². The third kappa shape index (κ3) is 4.30. The van der Waals surface area contributed by atoms with E-state index in [4.69, 9.17) is 0 Å². The summed E-state index contributed by atoms with van der Waals surface area (Å²) in [6.07, 6.45) is 3.13. The van der Waals surface area contributed by atoms with E-state index >= 15 is 0 Å². The van der Waals surface area contributed by atoms with Crippen LogP contribution in [-0.2, 0) is 11.8 Å². The van der Waals surface area contributed by atoms with Crippen LogP contribution in [0.5, 0.6) is 0 Å². The van der Waals surface area contributed by atoms with Crippen molar-refractivity contribution >= 4 is 17.4 Å². The van der Waals surface area contributed by atoms with Crippen molar-refractivity contribution in [2.45, 2.75) is 33.6 Å². The van der Waals surface area contributed by atoms with Crippen molar-refractivity contribution in [3.05, 3.63) is 76.2 Å². The third-order valence-electron chi connectivity index (χ3n) is 6.78. The summed E-state index contributed by atoms with van der Waals surface area (Å²) < 4.78 is 5.13. The maximum atomic E-state index is 13.3. The third-order valence-corrected chi connectivity index (χ3v) is 6.78. The molecule has 1 fully saturated rings. The van der Waals surface area contributed by atoms with Crippen LogP contribution < -0.4 is 15.8 Å². The predicted octanol–water partition coefficient (Wildman–Crippen LogP) is 2.93. The lowest BCUT2D eigenvalue weighted by atomic mass is 9.97. The van der Waals surface area contributed by atoms with Crippen molar-refractivity contribution in [1.29, 1.82) is 0 Å². The monoisotopic (exact) mass is 486 g/mol. The van der Waals surface area contributed by atoms with Crippen LogP contribution in [0, 0.1) is 26.7 Å². The van der Waals surface area contributed by atoms with Gasteiger partial charge in [0.15, 0.2) is 5.82 Å². The van der Waals surface area contributed by atoms with Gasteiger partial charge >= 0.3 is 0 Å². The summed E-state index contributed by atoms with van der Waals surface area (Å²) in [5, 5.41) is 7.45. The second-order valence-electron chi connectivity index (χ2n) is 9.28. The van der Waals surface area contributed by atoms with Crippen LogP contribution in [0.2, 0.25) is 0 Å². The molecule has 36 heavy (non-hydrogen) atoms. The summed E-state index contributed by atoms with van der Waals surface area (Å²) in [5.74, 6) is 1.03. The summed E-state index contributed by atoms with van der Waals surface area (Å²) in [6, 6.07) is 13.3. The number of nitrogens with zero attached hydrogens (tertiary/aromatic N) is 7. The van der Waals surface area contributed by atoms with Gasteiger partial charge in [-0.05, 0) is 51.8 Å². The number of piperidine rings is 1. The first-order valence-electron chi connectivity index (χ1n) is 12.1. The fourth-order valence-electron chi connectivity index (χ4n) is 4.82. The van der Waals surface area contributed by atoms with E-state index in [0.29, 0.717) is 23.7 Å². The molecule has 1 aromatic carbocycles. The maximum absolute atomic E-state index is 13.3. The largest absolute Gasteiger partial charge is 0.356 e. The minimum absolute atomic E-state index is 0.154. The molecule has 1 amide bonds. The molecule has 0 aliphatic carbocycles. The first kappa shape index (κ1) is 23.5. The minimum atomic E-state index is -0.268. The van der Waals surface area contributed by atoms with Gasteiger partial charge in [0.1, 0.15) is 17.8 Å². The molecule has 0 radical (unpaired) electrons. The average Bonchev–Trinajstić information content (AvgIpc) is 3.34. The van der Waals surface area contributed by atoms with Gasteiger partial charge in [0.2, 0.25) is 5.91 Å². The van der Waals surface area contributed by atoms with Crippen LogP contribution in [0.4, 0.5) is 11.5 Å². The number of benzene rings is 1. The Kier molecular flexibility index (Phi) is 6.17. The highest BCUT2D eigenvalue weighted by molar-refractivity contribution is 5.93. The summed E-state index contributed by atoms with van der Waals surface area (Å²) in [4.78, 5) is 37.5. The second-order valence-corrected chi connectivity index (χ2v) is 9.28. The Balaban J connectivity index is 1.35. The highest BCUT2D eigenvalue weighted by Gasteiger charge is 2.29. The normalized spacial score (nSPS) is 15.8. The van der Waals surface area contributed by atoms with Gasteiger partial charge in [0.25, 0.3) is 5.56 Å². The Morgan fingerprint density at radius 1 is 1.06 bits per heavy atom. The Hall–Kier alpha value is -4.21. The molecular formula is C26H30N8O2. The number of rotatable bonds is 5. The van der Waals surface area contributed by atoms with Crippen LogP contribution in [0.25, 0.3) is 11.5 Å². The quantitative estimate of drug-likeness (QED) is 0.465. The fraction of sp³-hybridized carbons (Fsp3) is 0.346. The number of amides is 1. The van der Waals surface area contributed by atoms with E-state index in [1.807, 2.05) is 70.3 Å². The summed E-state index contributed by atoms with van der Waals surface area (Å²) in [6.45, 7) is 7.08. The molecule has 1 N–H and O–H groups in total. The molecule has 0 saturated carbocycles. The molecule has 1 aliphatic rings. The van der Waals surface area contributed by atoms with Crippen molar-refractivity contribution in [2.75, 3.05) is 23.3 Å². The summed E-state index contributed by atoms with van der Waals surface area (Å²) in [7, 11) is 1.82. The maximum Gasteiger partial charge on any atom is 0.295 e. The first-order valence-corrected chi connectivity index (χ1v) is 12.1. The van der Waals surface area contributed by atoms with Crippen molar-refractivity contribution in [1.82, 2.24) is 29.1 Å². The highest BCUT2D eigenvalue weighted by atomic mass is 16.2. The Morgan fingerprint density at radius 3 is 2.53 bits per heavy atom. The van der Waals surface area contributed by atoms with Crippen LogP contribution in [0.3, 0.4) is 0 Å². The summed E-state index contributed by atoms with van der Waals surface area (Å²) >= 11 is 0. The zero-order valence-corrected chi connectivity index (χ0v) is 21.0. The van der Waals surface area contributed by atoms with Crippen molar-refractivity contribution in [3.63, 3.8) is 0 Å². The molecule has 0 spiro atoms. The molecule has 1 aliphatic heterocycles. The molecule has 0 bridgehead atoms. The zero-order chi connectivity index (χ0) is 25.4. The van der Waals surface area contributed by atoms with Crippen LogP contribution in [-0.4, -0.2) is 48.1 Å². The Bertz CT molecular complexity index is 1470. The van der Waals surface area contributed by atoms with E-state index in [0.717, 1.165) is 42.3 Å². The molecule has 3 aromatic heterocycles. The van der Waals surface area contributed by atoms with Crippen LogP contribution >= 0.6 is 0 Å². The standard InChI is InChI=1S/C26H30N8O2/c1-17-13-18(2)33(30-17)23-14-22(27-16-28-23)32-12-8-9-20(15-32)25(35)29-24-19(3)31(4)34(26(24)36)21-10-6-5-7-11-21/h5-7,10-11,13-14,16,20H,8-9,12,15H2,1-4H3,(H,29,35). The molecule has 1 atom stereocenters. The number of carbonyl (C=O) groups excluding carboxylic acids is 1. The molecule has 1 saturated heterocycles. The van der Waals surface area contributed by atoms with Gasteiger partial charge in [-0.1, -0.05) is 18.2 Å². The van der Waals surface area contributed by atoms with Crippen molar-refractivity contribution in [2.24, 2.45) is 13.0 Å². The predicted molar refractivity (Wildman–Crippen MR) is 138 cm³/mol. The first-order chi connectivity index (χ1) is 17.3. The Morgan fingerprint density at radius 2 is 1.81 bits per heavy atom. The van der Waals surface area contributed by atoms with Gasteiger partial charge in [-0.15, -0.1) is 0 Å². The smallest absolute Gasteiger partial charge is 0.295 e. The number of aryl methyl sites for hydroxylation is 2. The van der Waals surface area contributed by atoms with Gasteiger partial charge in [-0.2, -0.15) is 5.10 Å². The van der Waals surface area contributed by atoms with E-state index in [1.165, 1.54) is 6.33 Å². The van der Waals surface area contributed by atoms with E-state index in [-0.39, 0.29) is 17.4 Å². The van der Waals surface area contributed by atoms with Crippen molar-refractivity contribution in [3.8, 4) is 11.5 Å². The molecule has 4 heterocycles. The zero-order valence-electron chi connectivity index (χ0n) is 21.0. The molecule has 10 heteroatoms. The molecule has 10 nitrogen and oxygen atoms in total. The van der Waals surface area contributed by atoms with E-state index < -0.39 is 0 Å². The van der Waals surface area contributed by atoms with Gasteiger partial charge in [-0.25, -0.2) is 19.3 Å². The van der Waals surface area contributed by atoms with E-state index in [1.54, 1.807) is 14.0 Å². The van der Waals surface area contributed by atoms with Gasteiger partial charge in [0, 0.05) is 31.9 Å². The number of hydrogen-bond donors (Lipinski definition) is 1. The van der Waals surface area contributed by atoms with E-state index in [2.05, 4.69) is 25.3 Å². The number of nitrogens with one attached hydrogen (secondary N) is 1. The van der Waals surface area contributed by atoms with Gasteiger partial charge < -0.3 is 10.2 Å².